The highest BCUT2D eigenvalue weighted by Gasteiger charge is 2.07. The molecule has 0 aliphatic rings. The van der Waals surface area contributed by atoms with Crippen LogP contribution in [-0.4, -0.2) is 18.5 Å². The van der Waals surface area contributed by atoms with Gasteiger partial charge in [-0.1, -0.05) is 11.3 Å². The quantitative estimate of drug-likeness (QED) is 0.771. The summed E-state index contributed by atoms with van der Waals surface area (Å²) >= 11 is 1.23. The number of benzene rings is 1. The van der Waals surface area contributed by atoms with Gasteiger partial charge in [-0.2, -0.15) is 0 Å². The van der Waals surface area contributed by atoms with Crippen LogP contribution in [0.25, 0.3) is 10.1 Å². The number of carbonyl (C=O) groups is 1. The molecule has 0 unspecified atom stereocenters. The smallest absolute Gasteiger partial charge is 0.172 e. The van der Waals surface area contributed by atoms with Gasteiger partial charge in [0.15, 0.2) is 11.3 Å². The number of carbonyl (C=O) groups excluding carboxylic acids is 1. The number of rotatable bonds is 2. The predicted octanol–water partition coefficient (Wildman–Crippen LogP) is 2.43. The van der Waals surface area contributed by atoms with Gasteiger partial charge in [-0.3, -0.25) is 4.79 Å². The molecule has 3 nitrogen and oxygen atoms in total. The van der Waals surface area contributed by atoms with E-state index in [1.54, 1.807) is 25.3 Å². The summed E-state index contributed by atoms with van der Waals surface area (Å²) in [5.74, 6) is 0.626. The number of thiophene rings is 1. The molecule has 72 valence electrons. The Balaban J connectivity index is 2.78. The van der Waals surface area contributed by atoms with Crippen molar-refractivity contribution in [1.82, 2.24) is 0 Å². The number of ether oxygens (including phenoxy) is 1. The lowest BCUT2D eigenvalue weighted by molar-refractivity contribution is 0.112. The monoisotopic (exact) mass is 208 g/mol. The molecular weight excluding hydrogens is 200 g/mol. The molecule has 0 bridgehead atoms. The number of hydrogen-bond donors (Lipinski definition) is 1. The Morgan fingerprint density at radius 1 is 1.43 bits per heavy atom. The highest BCUT2D eigenvalue weighted by atomic mass is 32.1. The molecule has 0 saturated carbocycles. The second-order valence-corrected chi connectivity index (χ2v) is 3.89. The van der Waals surface area contributed by atoms with Crippen LogP contribution in [-0.2, 0) is 0 Å². The topological polar surface area (TPSA) is 46.5 Å². The Bertz CT molecular complexity index is 487. The zero-order valence-corrected chi connectivity index (χ0v) is 8.30. The van der Waals surface area contributed by atoms with Crippen LogP contribution in [0.2, 0.25) is 0 Å². The Labute approximate surface area is 84.6 Å². The molecule has 0 aliphatic heterocycles. The van der Waals surface area contributed by atoms with Gasteiger partial charge in [0.2, 0.25) is 0 Å². The zero-order chi connectivity index (χ0) is 10.1. The SMILES string of the molecule is COc1cc(C=O)c2cc(O)sc2c1. The van der Waals surface area contributed by atoms with E-state index in [1.807, 2.05) is 0 Å². The van der Waals surface area contributed by atoms with E-state index in [4.69, 9.17) is 4.74 Å². The van der Waals surface area contributed by atoms with Gasteiger partial charge in [-0.15, -0.1) is 0 Å². The number of fused-ring (bicyclic) bond motifs is 1. The Hall–Kier alpha value is -1.55. The maximum absolute atomic E-state index is 10.8. The van der Waals surface area contributed by atoms with Crippen molar-refractivity contribution in [2.45, 2.75) is 0 Å². The Morgan fingerprint density at radius 2 is 2.21 bits per heavy atom. The van der Waals surface area contributed by atoms with E-state index >= 15 is 0 Å². The summed E-state index contributed by atoms with van der Waals surface area (Å²) in [5.41, 5.74) is 0.538. The minimum atomic E-state index is 0.205. The molecule has 0 fully saturated rings. The molecule has 1 aromatic carbocycles. The lowest BCUT2D eigenvalue weighted by Gasteiger charge is -2.00. The molecule has 1 aromatic heterocycles. The van der Waals surface area contributed by atoms with E-state index in [9.17, 15) is 9.90 Å². The first-order valence-electron chi connectivity index (χ1n) is 4.00. The van der Waals surface area contributed by atoms with E-state index in [2.05, 4.69) is 0 Å². The molecule has 1 N–H and O–H groups in total. The minimum Gasteiger partial charge on any atom is -0.499 e. The van der Waals surface area contributed by atoms with Crippen molar-refractivity contribution in [3.05, 3.63) is 23.8 Å². The molecule has 0 spiro atoms. The lowest BCUT2D eigenvalue weighted by Crippen LogP contribution is -1.86. The highest BCUT2D eigenvalue weighted by Crippen LogP contribution is 2.35. The molecule has 1 heterocycles. The lowest BCUT2D eigenvalue weighted by atomic mass is 10.1. The van der Waals surface area contributed by atoms with Gasteiger partial charge in [0.25, 0.3) is 0 Å². The van der Waals surface area contributed by atoms with Gasteiger partial charge in [0.1, 0.15) is 5.75 Å². The van der Waals surface area contributed by atoms with Crippen molar-refractivity contribution in [2.24, 2.45) is 0 Å². The average Bonchev–Trinajstić information content (AvgIpc) is 2.56. The molecule has 0 aliphatic carbocycles. The van der Waals surface area contributed by atoms with Gasteiger partial charge in [-0.05, 0) is 12.1 Å². The first-order chi connectivity index (χ1) is 6.74. The van der Waals surface area contributed by atoms with Crippen molar-refractivity contribution < 1.29 is 14.6 Å². The van der Waals surface area contributed by atoms with Crippen LogP contribution >= 0.6 is 11.3 Å². The van der Waals surface area contributed by atoms with Crippen LogP contribution in [0.15, 0.2) is 18.2 Å². The molecule has 0 radical (unpaired) electrons. The molecule has 0 saturated heterocycles. The van der Waals surface area contributed by atoms with Crippen molar-refractivity contribution in [2.75, 3.05) is 7.11 Å². The van der Waals surface area contributed by atoms with Gasteiger partial charge in [0, 0.05) is 21.7 Å². The standard InChI is InChI=1S/C10H8O3S/c1-13-7-2-6(5-11)8-4-10(12)14-9(8)3-7/h2-5,12H,1H3. The first kappa shape index (κ1) is 9.02. The molecular formula is C10H8O3S. The number of aldehydes is 1. The van der Waals surface area contributed by atoms with Crippen molar-refractivity contribution in [1.29, 1.82) is 0 Å². The summed E-state index contributed by atoms with van der Waals surface area (Å²) < 4.78 is 5.89. The molecule has 14 heavy (non-hydrogen) atoms. The van der Waals surface area contributed by atoms with E-state index in [0.29, 0.717) is 11.3 Å². The first-order valence-corrected chi connectivity index (χ1v) is 4.82. The van der Waals surface area contributed by atoms with Crippen LogP contribution in [0.1, 0.15) is 10.4 Å². The van der Waals surface area contributed by atoms with Gasteiger partial charge in [-0.25, -0.2) is 0 Å². The summed E-state index contributed by atoms with van der Waals surface area (Å²) in [6.45, 7) is 0. The fourth-order valence-electron chi connectivity index (χ4n) is 1.34. The average molecular weight is 208 g/mol. The third-order valence-corrected chi connectivity index (χ3v) is 2.88. The van der Waals surface area contributed by atoms with E-state index in [0.717, 1.165) is 16.4 Å². The third-order valence-electron chi connectivity index (χ3n) is 1.99. The van der Waals surface area contributed by atoms with Crippen LogP contribution in [0.3, 0.4) is 0 Å². The Kier molecular flexibility index (Phi) is 2.13. The van der Waals surface area contributed by atoms with Crippen LogP contribution < -0.4 is 4.74 Å². The molecule has 0 atom stereocenters. The van der Waals surface area contributed by atoms with E-state index < -0.39 is 0 Å². The molecule has 2 rings (SSSR count). The second-order valence-electron chi connectivity index (χ2n) is 2.83. The number of aromatic hydroxyl groups is 1. The van der Waals surface area contributed by atoms with Crippen LogP contribution in [0, 0.1) is 0 Å². The maximum Gasteiger partial charge on any atom is 0.172 e. The van der Waals surface area contributed by atoms with Crippen LogP contribution in [0.4, 0.5) is 0 Å². The predicted molar refractivity (Wildman–Crippen MR) is 55.4 cm³/mol. The van der Waals surface area contributed by atoms with Gasteiger partial charge < -0.3 is 9.84 Å². The van der Waals surface area contributed by atoms with Crippen LogP contribution in [0.5, 0.6) is 10.8 Å². The summed E-state index contributed by atoms with van der Waals surface area (Å²) in [5, 5.41) is 10.3. The van der Waals surface area contributed by atoms with Crippen molar-refractivity contribution >= 4 is 27.7 Å². The normalized spacial score (nSPS) is 10.4. The zero-order valence-electron chi connectivity index (χ0n) is 7.48. The minimum absolute atomic E-state index is 0.205. The summed E-state index contributed by atoms with van der Waals surface area (Å²) in [7, 11) is 1.54. The van der Waals surface area contributed by atoms with Gasteiger partial charge >= 0.3 is 0 Å². The number of hydrogen-bond acceptors (Lipinski definition) is 4. The third kappa shape index (κ3) is 1.33. The van der Waals surface area contributed by atoms with Crippen molar-refractivity contribution in [3.8, 4) is 10.8 Å². The summed E-state index contributed by atoms with van der Waals surface area (Å²) in [6, 6.07) is 5.04. The van der Waals surface area contributed by atoms with Crippen molar-refractivity contribution in [3.63, 3.8) is 0 Å². The molecule has 4 heteroatoms. The maximum atomic E-state index is 10.8. The fourth-order valence-corrected chi connectivity index (χ4v) is 2.21. The fraction of sp³-hybridized carbons (Fsp3) is 0.100. The van der Waals surface area contributed by atoms with E-state index in [-0.39, 0.29) is 5.06 Å². The largest absolute Gasteiger partial charge is 0.499 e. The highest BCUT2D eigenvalue weighted by molar-refractivity contribution is 7.20. The molecule has 2 aromatic rings. The summed E-state index contributed by atoms with van der Waals surface area (Å²) in [4.78, 5) is 10.8. The second kappa shape index (κ2) is 3.31. The molecule has 0 amide bonds. The van der Waals surface area contributed by atoms with Gasteiger partial charge in [0.05, 0.1) is 7.11 Å². The Morgan fingerprint density at radius 3 is 2.86 bits per heavy atom. The number of methoxy groups -OCH3 is 1. The summed E-state index contributed by atoms with van der Waals surface area (Å²) in [6.07, 6.45) is 0.761. The van der Waals surface area contributed by atoms with E-state index in [1.165, 1.54) is 11.3 Å².